The molecule has 5 nitrogen and oxygen atoms in total. The van der Waals surface area contributed by atoms with Gasteiger partial charge in [-0.1, -0.05) is 22.4 Å². The smallest absolute Gasteiger partial charge is 0.399 e. The first-order valence-corrected chi connectivity index (χ1v) is 9.75. The lowest BCUT2D eigenvalue weighted by Crippen LogP contribution is -2.19. The van der Waals surface area contributed by atoms with Crippen molar-refractivity contribution in [3.63, 3.8) is 0 Å². The highest BCUT2D eigenvalue weighted by Crippen LogP contribution is 2.60. The summed E-state index contributed by atoms with van der Waals surface area (Å²) in [7, 11) is -5.64. The van der Waals surface area contributed by atoms with Crippen LogP contribution in [-0.4, -0.2) is 21.4 Å². The molecule has 1 aromatic heterocycles. The van der Waals surface area contributed by atoms with Crippen molar-refractivity contribution in [2.75, 3.05) is 6.61 Å². The van der Waals surface area contributed by atoms with Crippen molar-refractivity contribution in [1.29, 1.82) is 0 Å². The lowest BCUT2D eigenvalue weighted by atomic mass is 9.86. The van der Waals surface area contributed by atoms with Gasteiger partial charge in [-0.25, -0.2) is 4.98 Å². The molecule has 130 valence electrons. The number of pyridine rings is 1. The summed E-state index contributed by atoms with van der Waals surface area (Å²) >= 11 is 2.95. The Morgan fingerprint density at radius 2 is 2.00 bits per heavy atom. The largest absolute Gasteiger partial charge is 0.477 e. The minimum atomic E-state index is -5.64. The van der Waals surface area contributed by atoms with E-state index < -0.39 is 18.8 Å². The quantitative estimate of drug-likeness (QED) is 0.699. The second-order valence-electron chi connectivity index (χ2n) is 5.89. The second-order valence-corrected chi connectivity index (χ2v) is 8.40. The summed E-state index contributed by atoms with van der Waals surface area (Å²) in [6, 6.07) is 3.91. The van der Waals surface area contributed by atoms with E-state index in [1.165, 1.54) is 24.8 Å². The molecule has 0 bridgehead atoms. The third-order valence-electron chi connectivity index (χ3n) is 4.16. The normalized spacial score (nSPS) is 16.2. The first-order valence-electron chi connectivity index (χ1n) is 7.34. The number of ether oxygens (including phenoxy) is 1. The fourth-order valence-corrected chi connectivity index (χ4v) is 3.74. The number of alkyl halides is 2. The van der Waals surface area contributed by atoms with Gasteiger partial charge in [-0.05, 0) is 36.3 Å². The van der Waals surface area contributed by atoms with Gasteiger partial charge in [-0.3, -0.25) is 4.57 Å². The van der Waals surface area contributed by atoms with Gasteiger partial charge in [0.25, 0.3) is 0 Å². The van der Waals surface area contributed by atoms with E-state index in [-0.39, 0.29) is 4.47 Å². The van der Waals surface area contributed by atoms with E-state index >= 15 is 0 Å². The SMILES string of the molecule is O=P(O)(O)C(F)(F)c1cc2cc(OCC3CCC3)ncc2cc1Br. The van der Waals surface area contributed by atoms with E-state index in [1.807, 2.05) is 0 Å². The number of hydrogen-bond donors (Lipinski definition) is 2. The van der Waals surface area contributed by atoms with E-state index in [2.05, 4.69) is 20.9 Å². The maximum absolute atomic E-state index is 14.0. The molecule has 1 heterocycles. The second kappa shape index (κ2) is 6.33. The molecular formula is C15H15BrF2NO4P. The zero-order chi connectivity index (χ0) is 17.5. The summed E-state index contributed by atoms with van der Waals surface area (Å²) in [5.41, 5.74) is -5.05. The van der Waals surface area contributed by atoms with E-state index in [0.717, 1.165) is 18.9 Å². The standard InChI is InChI=1S/C15H15BrF2NO4P/c16-13-5-11-7-19-14(23-8-9-2-1-3-9)6-10(11)4-12(13)15(17,18)24(20,21)22/h4-7,9H,1-3,8H2,(H2,20,21,22). The number of benzene rings is 1. The van der Waals surface area contributed by atoms with Gasteiger partial charge in [0, 0.05) is 27.7 Å². The molecule has 3 rings (SSSR count). The minimum absolute atomic E-state index is 0.0896. The van der Waals surface area contributed by atoms with Gasteiger partial charge >= 0.3 is 13.3 Å². The van der Waals surface area contributed by atoms with Crippen LogP contribution in [0.15, 0.2) is 28.9 Å². The van der Waals surface area contributed by atoms with E-state index in [9.17, 15) is 13.3 Å². The molecule has 0 aliphatic heterocycles. The third-order valence-corrected chi connectivity index (χ3v) is 5.79. The van der Waals surface area contributed by atoms with E-state index in [4.69, 9.17) is 14.5 Å². The van der Waals surface area contributed by atoms with Crippen LogP contribution >= 0.6 is 23.5 Å². The lowest BCUT2D eigenvalue weighted by molar-refractivity contribution is 0.0558. The van der Waals surface area contributed by atoms with Crippen molar-refractivity contribution in [3.05, 3.63) is 34.4 Å². The van der Waals surface area contributed by atoms with Gasteiger partial charge in [-0.2, -0.15) is 8.78 Å². The first-order chi connectivity index (χ1) is 11.2. The predicted octanol–water partition coefficient (Wildman–Crippen LogP) is 4.40. The molecule has 0 spiro atoms. The molecule has 0 saturated heterocycles. The van der Waals surface area contributed by atoms with Crippen LogP contribution in [0.25, 0.3) is 10.8 Å². The van der Waals surface area contributed by atoms with Gasteiger partial charge in [0.1, 0.15) is 0 Å². The van der Waals surface area contributed by atoms with Crippen LogP contribution in [0.2, 0.25) is 0 Å². The lowest BCUT2D eigenvalue weighted by Gasteiger charge is -2.24. The molecular weight excluding hydrogens is 407 g/mol. The molecule has 1 aliphatic rings. The van der Waals surface area contributed by atoms with Crippen LogP contribution in [0.5, 0.6) is 5.88 Å². The highest BCUT2D eigenvalue weighted by molar-refractivity contribution is 9.10. The highest BCUT2D eigenvalue weighted by atomic mass is 79.9. The number of rotatable bonds is 5. The number of aromatic nitrogens is 1. The average Bonchev–Trinajstić information content (AvgIpc) is 2.43. The Morgan fingerprint density at radius 3 is 2.58 bits per heavy atom. The van der Waals surface area contributed by atoms with Crippen molar-refractivity contribution in [2.24, 2.45) is 5.92 Å². The van der Waals surface area contributed by atoms with Crippen LogP contribution in [0.4, 0.5) is 8.78 Å². The van der Waals surface area contributed by atoms with Crippen molar-refractivity contribution in [2.45, 2.75) is 24.9 Å². The Hall–Kier alpha value is -1.08. The summed E-state index contributed by atoms with van der Waals surface area (Å²) in [6.45, 7) is 0.528. The van der Waals surface area contributed by atoms with Crippen LogP contribution in [0.1, 0.15) is 24.8 Å². The Balaban J connectivity index is 1.96. The fraction of sp³-hybridized carbons (Fsp3) is 0.400. The van der Waals surface area contributed by atoms with Crippen molar-refractivity contribution in [1.82, 2.24) is 4.98 Å². The molecule has 9 heteroatoms. The molecule has 0 atom stereocenters. The minimum Gasteiger partial charge on any atom is -0.477 e. The maximum atomic E-state index is 14.0. The highest BCUT2D eigenvalue weighted by Gasteiger charge is 2.51. The van der Waals surface area contributed by atoms with Crippen LogP contribution < -0.4 is 4.74 Å². The summed E-state index contributed by atoms with van der Waals surface area (Å²) < 4.78 is 44.6. The number of hydrogen-bond acceptors (Lipinski definition) is 3. The number of nitrogens with zero attached hydrogens (tertiary/aromatic N) is 1. The summed E-state index contributed by atoms with van der Waals surface area (Å²) in [5.74, 6) is 0.809. The molecule has 1 saturated carbocycles. The molecule has 2 aromatic rings. The van der Waals surface area contributed by atoms with Crippen molar-refractivity contribution >= 4 is 34.3 Å². The predicted molar refractivity (Wildman–Crippen MR) is 88.2 cm³/mol. The van der Waals surface area contributed by atoms with Crippen LogP contribution in [0.3, 0.4) is 0 Å². The molecule has 1 fully saturated rings. The van der Waals surface area contributed by atoms with Crippen molar-refractivity contribution in [3.8, 4) is 5.88 Å². The Bertz CT molecular complexity index is 822. The molecule has 24 heavy (non-hydrogen) atoms. The molecule has 0 amide bonds. The maximum Gasteiger partial charge on any atom is 0.399 e. The summed E-state index contributed by atoms with van der Waals surface area (Å²) in [4.78, 5) is 22.0. The molecule has 2 N–H and O–H groups in total. The molecule has 0 unspecified atom stereocenters. The Labute approximate surface area is 145 Å². The van der Waals surface area contributed by atoms with Crippen LogP contribution in [0, 0.1) is 5.92 Å². The van der Waals surface area contributed by atoms with Gasteiger partial charge in [0.2, 0.25) is 5.88 Å². The third kappa shape index (κ3) is 3.33. The Kier molecular flexibility index (Phi) is 4.68. The number of fused-ring (bicyclic) bond motifs is 1. The monoisotopic (exact) mass is 421 g/mol. The molecule has 0 radical (unpaired) electrons. The summed E-state index contributed by atoms with van der Waals surface area (Å²) in [5, 5.41) is 0.933. The van der Waals surface area contributed by atoms with E-state index in [0.29, 0.717) is 29.2 Å². The first kappa shape index (κ1) is 17.7. The molecule has 1 aromatic carbocycles. The van der Waals surface area contributed by atoms with Gasteiger partial charge < -0.3 is 14.5 Å². The van der Waals surface area contributed by atoms with Gasteiger partial charge in [-0.15, -0.1) is 0 Å². The van der Waals surface area contributed by atoms with Crippen LogP contribution in [-0.2, 0) is 10.2 Å². The van der Waals surface area contributed by atoms with Gasteiger partial charge in [0.05, 0.1) is 6.61 Å². The average molecular weight is 422 g/mol. The van der Waals surface area contributed by atoms with E-state index in [1.54, 1.807) is 0 Å². The Morgan fingerprint density at radius 1 is 1.29 bits per heavy atom. The fourth-order valence-electron chi connectivity index (χ4n) is 2.47. The number of halogens is 3. The van der Waals surface area contributed by atoms with Crippen molar-refractivity contribution < 1.29 is 27.9 Å². The topological polar surface area (TPSA) is 79.7 Å². The molecule has 1 aliphatic carbocycles. The zero-order valence-corrected chi connectivity index (χ0v) is 14.9. The zero-order valence-electron chi connectivity index (χ0n) is 12.5. The van der Waals surface area contributed by atoms with Gasteiger partial charge in [0.15, 0.2) is 0 Å². The summed E-state index contributed by atoms with van der Waals surface area (Å²) in [6.07, 6.45) is 4.89.